The Labute approximate surface area is 232 Å². The van der Waals surface area contributed by atoms with E-state index in [0.717, 1.165) is 25.7 Å². The van der Waals surface area contributed by atoms with Gasteiger partial charge >= 0.3 is 0 Å². The lowest BCUT2D eigenvalue weighted by Crippen LogP contribution is -2.47. The molecule has 10 heteroatoms. The van der Waals surface area contributed by atoms with E-state index in [9.17, 15) is 9.59 Å². The van der Waals surface area contributed by atoms with Crippen molar-refractivity contribution in [1.82, 2.24) is 20.3 Å². The molecule has 0 unspecified atom stereocenters. The molecule has 5 rings (SSSR count). The predicted molar refractivity (Wildman–Crippen MR) is 151 cm³/mol. The van der Waals surface area contributed by atoms with Crippen molar-refractivity contribution in [2.75, 3.05) is 26.2 Å². The van der Waals surface area contributed by atoms with Gasteiger partial charge in [-0.3, -0.25) is 14.5 Å². The van der Waals surface area contributed by atoms with E-state index in [1.165, 1.54) is 16.7 Å². The van der Waals surface area contributed by atoms with E-state index in [-0.39, 0.29) is 24.4 Å². The minimum atomic E-state index is -1.01. The standard InChI is InChI=1S/C30H33N5O5/c1-38-22-12-8-9-20(17-22)29(30(37)31-21-10-4-5-11-21)35(26-16-15-23(39-2)18-27(26)40-3)28(36)19-34-25-14-7-6-13-24(25)32-33-34/h6-9,12-18,21,29H,4-5,10-11,19H2,1-3H3,(H,31,37)/t29-/m0/s1. The molecule has 0 bridgehead atoms. The van der Waals surface area contributed by atoms with Crippen LogP contribution in [-0.4, -0.2) is 54.2 Å². The molecule has 4 aromatic rings. The molecule has 0 aliphatic heterocycles. The highest BCUT2D eigenvalue weighted by Crippen LogP contribution is 2.38. The van der Waals surface area contributed by atoms with Crippen LogP contribution in [-0.2, 0) is 16.1 Å². The number of carbonyl (C=O) groups excluding carboxylic acids is 2. The predicted octanol–water partition coefficient (Wildman–Crippen LogP) is 4.29. The van der Waals surface area contributed by atoms with E-state index < -0.39 is 6.04 Å². The van der Waals surface area contributed by atoms with Crippen molar-refractivity contribution in [2.24, 2.45) is 0 Å². The van der Waals surface area contributed by atoms with Crippen molar-refractivity contribution in [1.29, 1.82) is 0 Å². The number of nitrogens with one attached hydrogen (secondary N) is 1. The number of para-hydroxylation sites is 1. The third-order valence-electron chi connectivity index (χ3n) is 7.24. The minimum Gasteiger partial charge on any atom is -0.497 e. The van der Waals surface area contributed by atoms with Gasteiger partial charge in [0.05, 0.1) is 32.5 Å². The third-order valence-corrected chi connectivity index (χ3v) is 7.24. The van der Waals surface area contributed by atoms with Gasteiger partial charge in [0, 0.05) is 12.1 Å². The summed E-state index contributed by atoms with van der Waals surface area (Å²) in [5.41, 5.74) is 2.41. The summed E-state index contributed by atoms with van der Waals surface area (Å²) >= 11 is 0. The molecule has 0 saturated heterocycles. The fourth-order valence-electron chi connectivity index (χ4n) is 5.22. The van der Waals surface area contributed by atoms with Crippen LogP contribution in [0.3, 0.4) is 0 Å². The first-order chi connectivity index (χ1) is 19.5. The summed E-state index contributed by atoms with van der Waals surface area (Å²) in [5, 5.41) is 11.6. The zero-order valence-electron chi connectivity index (χ0n) is 22.9. The Hall–Kier alpha value is -4.60. The maximum Gasteiger partial charge on any atom is 0.249 e. The van der Waals surface area contributed by atoms with Crippen molar-refractivity contribution in [3.8, 4) is 17.2 Å². The maximum atomic E-state index is 14.3. The van der Waals surface area contributed by atoms with Gasteiger partial charge in [-0.25, -0.2) is 4.68 Å². The van der Waals surface area contributed by atoms with E-state index in [0.29, 0.717) is 39.5 Å². The van der Waals surface area contributed by atoms with E-state index in [1.807, 2.05) is 36.4 Å². The number of methoxy groups -OCH3 is 3. The average molecular weight is 544 g/mol. The molecule has 1 atom stereocenters. The first kappa shape index (κ1) is 27.0. The number of rotatable bonds is 10. The van der Waals surface area contributed by atoms with Crippen LogP contribution in [0.5, 0.6) is 17.2 Å². The molecule has 40 heavy (non-hydrogen) atoms. The summed E-state index contributed by atoms with van der Waals surface area (Å²) in [6.45, 7) is -0.146. The Morgan fingerprint density at radius 2 is 1.70 bits per heavy atom. The number of anilines is 1. The highest BCUT2D eigenvalue weighted by atomic mass is 16.5. The molecule has 1 aliphatic carbocycles. The summed E-state index contributed by atoms with van der Waals surface area (Å²) in [6.07, 6.45) is 3.93. The Balaban J connectivity index is 1.64. The molecule has 0 radical (unpaired) electrons. The first-order valence-corrected chi connectivity index (χ1v) is 13.3. The van der Waals surface area contributed by atoms with Gasteiger partial charge in [-0.1, -0.05) is 42.3 Å². The average Bonchev–Trinajstić information content (AvgIpc) is 3.65. The molecule has 1 saturated carbocycles. The van der Waals surface area contributed by atoms with Crippen molar-refractivity contribution in [3.05, 3.63) is 72.3 Å². The molecule has 3 aromatic carbocycles. The van der Waals surface area contributed by atoms with Gasteiger partial charge in [0.25, 0.3) is 0 Å². The van der Waals surface area contributed by atoms with Crippen molar-refractivity contribution in [2.45, 2.75) is 44.3 Å². The topological polar surface area (TPSA) is 108 Å². The number of nitrogens with zero attached hydrogens (tertiary/aromatic N) is 4. The Kier molecular flexibility index (Phi) is 8.14. The molecule has 1 aliphatic rings. The number of hydrogen-bond donors (Lipinski definition) is 1. The number of ether oxygens (including phenoxy) is 3. The zero-order valence-corrected chi connectivity index (χ0v) is 22.9. The molecule has 1 heterocycles. The van der Waals surface area contributed by atoms with Crippen molar-refractivity contribution in [3.63, 3.8) is 0 Å². The Bertz CT molecular complexity index is 1500. The molecule has 1 fully saturated rings. The van der Waals surface area contributed by atoms with E-state index in [2.05, 4.69) is 15.6 Å². The van der Waals surface area contributed by atoms with Crippen molar-refractivity contribution < 1.29 is 23.8 Å². The number of fused-ring (bicyclic) bond motifs is 1. The summed E-state index contributed by atoms with van der Waals surface area (Å²) < 4.78 is 18.1. The summed E-state index contributed by atoms with van der Waals surface area (Å²) in [7, 11) is 4.64. The fraction of sp³-hybridized carbons (Fsp3) is 0.333. The van der Waals surface area contributed by atoms with Gasteiger partial charge in [-0.05, 0) is 54.8 Å². The second-order valence-corrected chi connectivity index (χ2v) is 9.71. The van der Waals surface area contributed by atoms with Crippen LogP contribution in [0.4, 0.5) is 5.69 Å². The van der Waals surface area contributed by atoms with Gasteiger partial charge in [0.1, 0.15) is 35.4 Å². The van der Waals surface area contributed by atoms with Crippen molar-refractivity contribution >= 4 is 28.5 Å². The maximum absolute atomic E-state index is 14.3. The first-order valence-electron chi connectivity index (χ1n) is 13.3. The largest absolute Gasteiger partial charge is 0.497 e. The summed E-state index contributed by atoms with van der Waals surface area (Å²) in [4.78, 5) is 29.9. The Morgan fingerprint density at radius 3 is 2.45 bits per heavy atom. The SMILES string of the molecule is COc1cccc([C@@H](C(=O)NC2CCCC2)N(C(=O)Cn2nnc3ccccc32)c2ccc(OC)cc2OC)c1. The third kappa shape index (κ3) is 5.56. The van der Waals surface area contributed by atoms with Gasteiger partial charge in [-0.15, -0.1) is 5.10 Å². The van der Waals surface area contributed by atoms with Crippen LogP contribution in [0.1, 0.15) is 37.3 Å². The van der Waals surface area contributed by atoms with Crippen LogP contribution < -0.4 is 24.4 Å². The normalized spacial score (nSPS) is 14.1. The molecule has 208 valence electrons. The molecular weight excluding hydrogens is 510 g/mol. The zero-order chi connectivity index (χ0) is 28.1. The molecular formula is C30H33N5O5. The lowest BCUT2D eigenvalue weighted by Gasteiger charge is -2.33. The molecule has 0 spiro atoms. The number of amides is 2. The highest BCUT2D eigenvalue weighted by molar-refractivity contribution is 6.02. The van der Waals surface area contributed by atoms with Gasteiger partial charge in [0.2, 0.25) is 11.8 Å². The summed E-state index contributed by atoms with van der Waals surface area (Å²) in [6, 6.07) is 18.8. The number of hydrogen-bond acceptors (Lipinski definition) is 7. The van der Waals surface area contributed by atoms with E-state index in [1.54, 1.807) is 44.6 Å². The lowest BCUT2D eigenvalue weighted by molar-refractivity contribution is -0.127. The number of carbonyl (C=O) groups is 2. The van der Waals surface area contributed by atoms with E-state index >= 15 is 0 Å². The van der Waals surface area contributed by atoms with Crippen LogP contribution in [0.25, 0.3) is 11.0 Å². The van der Waals surface area contributed by atoms with Gasteiger partial charge < -0.3 is 19.5 Å². The minimum absolute atomic E-state index is 0.0505. The molecule has 10 nitrogen and oxygen atoms in total. The van der Waals surface area contributed by atoms with Gasteiger partial charge in [0.15, 0.2) is 0 Å². The number of benzene rings is 3. The van der Waals surface area contributed by atoms with Crippen LogP contribution in [0.15, 0.2) is 66.7 Å². The molecule has 1 N–H and O–H groups in total. The van der Waals surface area contributed by atoms with Crippen LogP contribution in [0.2, 0.25) is 0 Å². The second kappa shape index (κ2) is 12.1. The highest BCUT2D eigenvalue weighted by Gasteiger charge is 2.36. The number of aromatic nitrogens is 3. The monoisotopic (exact) mass is 543 g/mol. The van der Waals surface area contributed by atoms with Crippen LogP contribution >= 0.6 is 0 Å². The Morgan fingerprint density at radius 1 is 0.950 bits per heavy atom. The molecule has 1 aromatic heterocycles. The smallest absolute Gasteiger partial charge is 0.249 e. The van der Waals surface area contributed by atoms with Gasteiger partial charge in [-0.2, -0.15) is 0 Å². The lowest BCUT2D eigenvalue weighted by atomic mass is 10.0. The second-order valence-electron chi connectivity index (χ2n) is 9.71. The summed E-state index contributed by atoms with van der Waals surface area (Å²) in [5.74, 6) is 0.872. The van der Waals surface area contributed by atoms with E-state index in [4.69, 9.17) is 14.2 Å². The quantitative estimate of drug-likeness (QED) is 0.318. The van der Waals surface area contributed by atoms with Crippen LogP contribution in [0, 0.1) is 0 Å². The molecule has 2 amide bonds. The fourth-order valence-corrected chi connectivity index (χ4v) is 5.22.